The molecule has 0 spiro atoms. The Bertz CT molecular complexity index is 2780. The molecular weight excluding hydrogens is 599 g/mol. The number of fused-ring (bicyclic) bond motifs is 9. The molecule has 1 aliphatic rings. The first kappa shape index (κ1) is 27.7. The van der Waals surface area contributed by atoms with E-state index in [-0.39, 0.29) is 5.92 Å². The average Bonchev–Trinajstić information content (AvgIpc) is 3.57. The Morgan fingerprint density at radius 3 is 1.86 bits per heavy atom. The van der Waals surface area contributed by atoms with Crippen LogP contribution in [0.25, 0.3) is 88.2 Å². The van der Waals surface area contributed by atoms with Crippen molar-refractivity contribution in [3.05, 3.63) is 164 Å². The summed E-state index contributed by atoms with van der Waals surface area (Å²) in [4.78, 5) is 15.1. The number of furan rings is 1. The van der Waals surface area contributed by atoms with Gasteiger partial charge in [0.15, 0.2) is 11.6 Å². The number of hydrogen-bond acceptors (Lipinski definition) is 4. The molecule has 1 aliphatic carbocycles. The van der Waals surface area contributed by atoms with Crippen LogP contribution in [0, 0.1) is 0 Å². The smallest absolute Gasteiger partial charge is 0.164 e. The molecule has 2 aromatic heterocycles. The van der Waals surface area contributed by atoms with Crippen LogP contribution in [-0.4, -0.2) is 15.0 Å². The highest BCUT2D eigenvalue weighted by molar-refractivity contribution is 6.25. The van der Waals surface area contributed by atoms with Crippen molar-refractivity contribution in [2.75, 3.05) is 0 Å². The molecule has 0 radical (unpaired) electrons. The van der Waals surface area contributed by atoms with Crippen LogP contribution in [0.4, 0.5) is 0 Å². The minimum atomic E-state index is 0.0854. The van der Waals surface area contributed by atoms with E-state index in [1.165, 1.54) is 32.3 Å². The molecule has 49 heavy (non-hydrogen) atoms. The van der Waals surface area contributed by atoms with Gasteiger partial charge in [0.05, 0.1) is 0 Å². The Kier molecular flexibility index (Phi) is 6.28. The zero-order valence-electron chi connectivity index (χ0n) is 26.5. The fourth-order valence-corrected chi connectivity index (χ4v) is 7.45. The van der Waals surface area contributed by atoms with Crippen molar-refractivity contribution in [1.82, 2.24) is 15.0 Å². The third-order valence-corrected chi connectivity index (χ3v) is 9.81. The third kappa shape index (κ3) is 4.56. The Morgan fingerprint density at radius 2 is 1.12 bits per heavy atom. The number of nitrogens with zero attached hydrogens (tertiary/aromatic N) is 3. The number of hydrogen-bond donors (Lipinski definition) is 0. The van der Waals surface area contributed by atoms with Crippen molar-refractivity contribution in [3.8, 4) is 33.9 Å². The van der Waals surface area contributed by atoms with Crippen LogP contribution in [0.2, 0.25) is 0 Å². The fourth-order valence-electron chi connectivity index (χ4n) is 7.45. The largest absolute Gasteiger partial charge is 0.456 e. The summed E-state index contributed by atoms with van der Waals surface area (Å²) in [7, 11) is 0. The van der Waals surface area contributed by atoms with Gasteiger partial charge in [0.1, 0.15) is 17.0 Å². The Balaban J connectivity index is 1.17. The molecule has 0 saturated carbocycles. The molecule has 9 aromatic rings. The van der Waals surface area contributed by atoms with Crippen LogP contribution < -0.4 is 0 Å². The van der Waals surface area contributed by atoms with Gasteiger partial charge in [0.2, 0.25) is 0 Å². The predicted octanol–water partition coefficient (Wildman–Crippen LogP) is 11.8. The maximum Gasteiger partial charge on any atom is 0.164 e. The van der Waals surface area contributed by atoms with Gasteiger partial charge in [-0.1, -0.05) is 133 Å². The molecule has 0 amide bonds. The monoisotopic (exact) mass is 627 g/mol. The lowest BCUT2D eigenvalue weighted by Crippen LogP contribution is -2.07. The number of rotatable bonds is 4. The summed E-state index contributed by atoms with van der Waals surface area (Å²) in [5.74, 6) is 2.17. The lowest BCUT2D eigenvalue weighted by molar-refractivity contribution is 0.669. The molecule has 1 atom stereocenters. The van der Waals surface area contributed by atoms with Gasteiger partial charge in [-0.3, -0.25) is 0 Å². The molecule has 0 bridgehead atoms. The molecule has 7 aromatic carbocycles. The summed E-state index contributed by atoms with van der Waals surface area (Å²) in [5, 5.41) is 9.65. The van der Waals surface area contributed by atoms with Crippen LogP contribution in [0.5, 0.6) is 0 Å². The molecule has 0 N–H and O–H groups in total. The van der Waals surface area contributed by atoms with E-state index in [1.807, 2.05) is 30.3 Å². The van der Waals surface area contributed by atoms with Crippen molar-refractivity contribution < 1.29 is 4.42 Å². The second-order valence-electron chi connectivity index (χ2n) is 12.7. The van der Waals surface area contributed by atoms with Gasteiger partial charge in [-0.15, -0.1) is 0 Å². The Hall–Kier alpha value is -6.39. The maximum atomic E-state index is 6.45. The molecule has 0 fully saturated rings. The minimum Gasteiger partial charge on any atom is -0.456 e. The van der Waals surface area contributed by atoms with E-state index in [9.17, 15) is 0 Å². The Labute approximate surface area is 282 Å². The van der Waals surface area contributed by atoms with Crippen LogP contribution in [0.3, 0.4) is 0 Å². The van der Waals surface area contributed by atoms with Gasteiger partial charge >= 0.3 is 0 Å². The first-order valence-electron chi connectivity index (χ1n) is 16.7. The number of allylic oxidation sites excluding steroid dienone is 4. The first-order chi connectivity index (χ1) is 24.3. The predicted molar refractivity (Wildman–Crippen MR) is 202 cm³/mol. The summed E-state index contributed by atoms with van der Waals surface area (Å²) in [6.45, 7) is 0. The molecule has 1 unspecified atom stereocenters. The molecule has 10 rings (SSSR count). The Morgan fingerprint density at radius 1 is 0.469 bits per heavy atom. The van der Waals surface area contributed by atoms with Gasteiger partial charge in [-0.25, -0.2) is 15.0 Å². The molecule has 4 nitrogen and oxygen atoms in total. The quantitative estimate of drug-likeness (QED) is 0.182. The maximum absolute atomic E-state index is 6.45. The summed E-state index contributed by atoms with van der Waals surface area (Å²) in [6.07, 6.45) is 9.34. The second-order valence-corrected chi connectivity index (χ2v) is 12.7. The zero-order valence-corrected chi connectivity index (χ0v) is 26.5. The highest BCUT2D eigenvalue weighted by atomic mass is 16.3. The zero-order chi connectivity index (χ0) is 32.3. The minimum absolute atomic E-state index is 0.0854. The van der Waals surface area contributed by atoms with Crippen LogP contribution in [-0.2, 0) is 0 Å². The SMILES string of the molecule is C1=CCC(c2nc(-c3ccccc3)nc(-c3cccc4oc5ccc(-c6ccc7c8ccccc8c8ccccc8c7c6)cc5c34)n2)C=C1. The first-order valence-corrected chi connectivity index (χ1v) is 16.7. The molecule has 0 saturated heterocycles. The highest BCUT2D eigenvalue weighted by Gasteiger charge is 2.20. The third-order valence-electron chi connectivity index (χ3n) is 9.81. The number of benzene rings is 7. The van der Waals surface area contributed by atoms with Crippen LogP contribution in [0.1, 0.15) is 18.2 Å². The lowest BCUT2D eigenvalue weighted by atomic mass is 9.92. The second kappa shape index (κ2) is 11.1. The van der Waals surface area contributed by atoms with Crippen LogP contribution >= 0.6 is 0 Å². The fraction of sp³-hybridized carbons (Fsp3) is 0.0444. The van der Waals surface area contributed by atoms with Crippen molar-refractivity contribution in [3.63, 3.8) is 0 Å². The summed E-state index contributed by atoms with van der Waals surface area (Å²) < 4.78 is 6.45. The van der Waals surface area contributed by atoms with Crippen molar-refractivity contribution in [2.45, 2.75) is 12.3 Å². The molecular formula is C45H29N3O. The van der Waals surface area contributed by atoms with E-state index >= 15 is 0 Å². The van der Waals surface area contributed by atoms with Gasteiger partial charge in [-0.05, 0) is 74.1 Å². The summed E-state index contributed by atoms with van der Waals surface area (Å²) >= 11 is 0. The summed E-state index contributed by atoms with van der Waals surface area (Å²) in [5.41, 5.74) is 5.83. The highest BCUT2D eigenvalue weighted by Crippen LogP contribution is 2.41. The van der Waals surface area contributed by atoms with E-state index in [1.54, 1.807) is 0 Å². The molecule has 4 heteroatoms. The standard InChI is InChI=1S/C45H29N3O/c1-3-12-28(13-4-1)43-46-44(29-14-5-2-6-15-29)48-45(47-43)37-20-11-21-41-42(37)39-27-31(23-25-40(39)49-41)30-22-24-36-34-18-8-7-16-32(34)33-17-9-10-19-35(33)38(36)26-30/h1-14,16-27,29H,15H2. The van der Waals surface area contributed by atoms with Crippen molar-refractivity contribution in [1.29, 1.82) is 0 Å². The molecule has 230 valence electrons. The summed E-state index contributed by atoms with van der Waals surface area (Å²) in [6, 6.07) is 47.1. The van der Waals surface area contributed by atoms with Crippen molar-refractivity contribution in [2.24, 2.45) is 0 Å². The van der Waals surface area contributed by atoms with E-state index in [0.29, 0.717) is 11.6 Å². The lowest BCUT2D eigenvalue weighted by Gasteiger charge is -2.14. The normalized spacial score (nSPS) is 14.5. The van der Waals surface area contributed by atoms with Gasteiger partial charge < -0.3 is 4.42 Å². The van der Waals surface area contributed by atoms with Gasteiger partial charge in [0.25, 0.3) is 0 Å². The van der Waals surface area contributed by atoms with E-state index in [0.717, 1.165) is 56.4 Å². The number of aromatic nitrogens is 3. The van der Waals surface area contributed by atoms with Crippen molar-refractivity contribution >= 4 is 54.3 Å². The van der Waals surface area contributed by atoms with E-state index in [4.69, 9.17) is 19.4 Å². The average molecular weight is 628 g/mol. The van der Waals surface area contributed by atoms with E-state index < -0.39 is 0 Å². The topological polar surface area (TPSA) is 51.8 Å². The molecule has 2 heterocycles. The van der Waals surface area contributed by atoms with E-state index in [2.05, 4.69) is 127 Å². The van der Waals surface area contributed by atoms with Gasteiger partial charge in [-0.2, -0.15) is 0 Å². The van der Waals surface area contributed by atoms with Crippen LogP contribution in [0.15, 0.2) is 162 Å². The van der Waals surface area contributed by atoms with Gasteiger partial charge in [0, 0.05) is 27.8 Å². The molecule has 0 aliphatic heterocycles.